The molecule has 2 atom stereocenters. The lowest BCUT2D eigenvalue weighted by Crippen LogP contribution is -2.41. The maximum atomic E-state index is 4.68. The van der Waals surface area contributed by atoms with Gasteiger partial charge in [-0.1, -0.05) is 12.8 Å². The molecule has 2 saturated heterocycles. The number of nitrogens with zero attached hydrogens (tertiary/aromatic N) is 3. The maximum absolute atomic E-state index is 4.68. The molecule has 0 amide bonds. The van der Waals surface area contributed by atoms with Crippen LogP contribution in [0.1, 0.15) is 55.4 Å². The summed E-state index contributed by atoms with van der Waals surface area (Å²) >= 11 is 1.91. The quantitative estimate of drug-likeness (QED) is 0.838. The van der Waals surface area contributed by atoms with Gasteiger partial charge in [-0.3, -0.25) is 4.90 Å². The van der Waals surface area contributed by atoms with Gasteiger partial charge in [-0.25, -0.2) is 9.97 Å². The molecule has 0 radical (unpaired) electrons. The standard InChI is InChI=1S/C19H26N4S/c1-2-6-13-16(8-3-1)24-19-17(13)18(20-12-21-19)22-14-9-11-23-10-5-4-7-15(14)23/h12,14-15H,1-11H2,(H,20,21,22)/t14-,15+/m0/s1. The van der Waals surface area contributed by atoms with Crippen LogP contribution >= 0.6 is 11.3 Å². The summed E-state index contributed by atoms with van der Waals surface area (Å²) in [5, 5.41) is 5.19. The molecule has 0 unspecified atom stereocenters. The first-order valence-corrected chi connectivity index (χ1v) is 10.5. The van der Waals surface area contributed by atoms with Crippen LogP contribution in [0.15, 0.2) is 6.33 Å². The average molecular weight is 343 g/mol. The molecule has 0 bridgehead atoms. The Balaban J connectivity index is 1.49. The van der Waals surface area contributed by atoms with Gasteiger partial charge in [0.1, 0.15) is 17.0 Å². The van der Waals surface area contributed by atoms with Crippen LogP contribution in [0.4, 0.5) is 5.82 Å². The molecule has 24 heavy (non-hydrogen) atoms. The molecular formula is C19H26N4S. The fraction of sp³-hybridized carbons (Fsp3) is 0.684. The van der Waals surface area contributed by atoms with Gasteiger partial charge in [0, 0.05) is 23.5 Å². The van der Waals surface area contributed by atoms with Gasteiger partial charge in [0.2, 0.25) is 0 Å². The van der Waals surface area contributed by atoms with Crippen molar-refractivity contribution in [1.82, 2.24) is 14.9 Å². The van der Waals surface area contributed by atoms with Crippen molar-refractivity contribution in [3.8, 4) is 0 Å². The van der Waals surface area contributed by atoms with Crippen LogP contribution in [0.5, 0.6) is 0 Å². The van der Waals surface area contributed by atoms with E-state index < -0.39 is 0 Å². The highest BCUT2D eigenvalue weighted by Crippen LogP contribution is 2.38. The van der Waals surface area contributed by atoms with Crippen LogP contribution in [-0.4, -0.2) is 40.0 Å². The second kappa shape index (κ2) is 6.26. The second-order valence-electron chi connectivity index (χ2n) is 7.61. The van der Waals surface area contributed by atoms with Gasteiger partial charge in [0.15, 0.2) is 0 Å². The lowest BCUT2D eigenvalue weighted by molar-refractivity contribution is 0.192. The summed E-state index contributed by atoms with van der Waals surface area (Å²) in [5.41, 5.74) is 1.55. The summed E-state index contributed by atoms with van der Waals surface area (Å²) in [5.74, 6) is 1.11. The zero-order chi connectivity index (χ0) is 15.9. The third-order valence-electron chi connectivity index (χ3n) is 6.18. The van der Waals surface area contributed by atoms with E-state index in [-0.39, 0.29) is 0 Å². The van der Waals surface area contributed by atoms with E-state index in [0.717, 1.165) is 5.82 Å². The monoisotopic (exact) mass is 342 g/mol. The summed E-state index contributed by atoms with van der Waals surface area (Å²) in [6, 6.07) is 1.27. The van der Waals surface area contributed by atoms with Gasteiger partial charge < -0.3 is 5.32 Å². The number of hydrogen-bond acceptors (Lipinski definition) is 5. The molecule has 2 aliphatic heterocycles. The molecule has 3 aliphatic rings. The first-order chi connectivity index (χ1) is 11.9. The number of piperidine rings is 1. The Bertz CT molecular complexity index is 740. The van der Waals surface area contributed by atoms with E-state index in [1.54, 1.807) is 16.8 Å². The minimum absolute atomic E-state index is 0.560. The molecule has 128 valence electrons. The van der Waals surface area contributed by atoms with Crippen molar-refractivity contribution in [3.63, 3.8) is 0 Å². The highest BCUT2D eigenvalue weighted by Gasteiger charge is 2.36. The van der Waals surface area contributed by atoms with Gasteiger partial charge in [0.25, 0.3) is 0 Å². The average Bonchev–Trinajstić information content (AvgIpc) is 3.10. The van der Waals surface area contributed by atoms with Crippen LogP contribution in [0.2, 0.25) is 0 Å². The number of thiophene rings is 1. The van der Waals surface area contributed by atoms with Crippen molar-refractivity contribution in [1.29, 1.82) is 0 Å². The number of aromatic nitrogens is 2. The highest BCUT2D eigenvalue weighted by atomic mass is 32.1. The number of nitrogens with one attached hydrogen (secondary N) is 1. The van der Waals surface area contributed by atoms with Crippen molar-refractivity contribution >= 4 is 27.4 Å². The molecular weight excluding hydrogens is 316 g/mol. The van der Waals surface area contributed by atoms with E-state index >= 15 is 0 Å². The van der Waals surface area contributed by atoms with E-state index in [2.05, 4.69) is 20.2 Å². The Morgan fingerprint density at radius 2 is 1.96 bits per heavy atom. The van der Waals surface area contributed by atoms with Gasteiger partial charge in [-0.05, 0) is 57.1 Å². The third-order valence-corrected chi connectivity index (χ3v) is 7.38. The molecule has 0 saturated carbocycles. The van der Waals surface area contributed by atoms with Crippen LogP contribution < -0.4 is 5.32 Å². The lowest BCUT2D eigenvalue weighted by Gasteiger charge is -2.32. The van der Waals surface area contributed by atoms with Gasteiger partial charge in [-0.2, -0.15) is 0 Å². The van der Waals surface area contributed by atoms with Crippen LogP contribution in [0, 0.1) is 0 Å². The first-order valence-electron chi connectivity index (χ1n) is 9.66. The molecule has 4 nitrogen and oxygen atoms in total. The Morgan fingerprint density at radius 3 is 2.96 bits per heavy atom. The van der Waals surface area contributed by atoms with Crippen LogP contribution in [0.3, 0.4) is 0 Å². The largest absolute Gasteiger partial charge is 0.365 e. The van der Waals surface area contributed by atoms with E-state index in [1.165, 1.54) is 81.1 Å². The minimum Gasteiger partial charge on any atom is -0.365 e. The normalized spacial score (nSPS) is 27.7. The van der Waals surface area contributed by atoms with Crippen LogP contribution in [0.25, 0.3) is 10.2 Å². The topological polar surface area (TPSA) is 41.1 Å². The zero-order valence-electron chi connectivity index (χ0n) is 14.3. The maximum Gasteiger partial charge on any atom is 0.138 e. The third kappa shape index (κ3) is 2.53. The summed E-state index contributed by atoms with van der Waals surface area (Å²) in [6.45, 7) is 2.54. The fourth-order valence-electron chi connectivity index (χ4n) is 4.97. The second-order valence-corrected chi connectivity index (χ2v) is 8.69. The number of fused-ring (bicyclic) bond motifs is 4. The van der Waals surface area contributed by atoms with E-state index in [4.69, 9.17) is 0 Å². The van der Waals surface area contributed by atoms with Crippen LogP contribution in [-0.2, 0) is 12.8 Å². The highest BCUT2D eigenvalue weighted by molar-refractivity contribution is 7.18. The molecule has 1 aliphatic carbocycles. The molecule has 1 N–H and O–H groups in total. The SMILES string of the molecule is c1nc(N[C@H]2CCN3CCCC[C@H]23)c2c3c(sc2n1)CCCCC3. The first kappa shape index (κ1) is 15.1. The summed E-state index contributed by atoms with van der Waals surface area (Å²) in [6.07, 6.45) is 13.5. The van der Waals surface area contributed by atoms with Crippen molar-refractivity contribution in [3.05, 3.63) is 16.8 Å². The van der Waals surface area contributed by atoms with E-state index in [0.29, 0.717) is 12.1 Å². The molecule has 0 spiro atoms. The number of hydrogen-bond donors (Lipinski definition) is 1. The predicted molar refractivity (Wildman–Crippen MR) is 99.9 cm³/mol. The Morgan fingerprint density at radius 1 is 1.00 bits per heavy atom. The number of aryl methyl sites for hydroxylation is 2. The van der Waals surface area contributed by atoms with Crippen molar-refractivity contribution in [2.24, 2.45) is 0 Å². The van der Waals surface area contributed by atoms with Gasteiger partial charge in [-0.15, -0.1) is 11.3 Å². The molecule has 2 aromatic heterocycles. The van der Waals surface area contributed by atoms with Gasteiger partial charge >= 0.3 is 0 Å². The molecule has 2 fully saturated rings. The number of anilines is 1. The smallest absolute Gasteiger partial charge is 0.138 e. The Kier molecular flexibility index (Phi) is 3.94. The molecule has 2 aromatic rings. The fourth-order valence-corrected chi connectivity index (χ4v) is 6.20. The predicted octanol–water partition coefficient (Wildman–Crippen LogP) is 4.00. The van der Waals surface area contributed by atoms with Crippen molar-refractivity contribution in [2.45, 2.75) is 69.9 Å². The van der Waals surface area contributed by atoms with Gasteiger partial charge in [0.05, 0.1) is 5.39 Å². The molecule has 5 heteroatoms. The lowest BCUT2D eigenvalue weighted by atomic mass is 9.99. The van der Waals surface area contributed by atoms with E-state index in [1.807, 2.05) is 11.3 Å². The molecule has 4 heterocycles. The zero-order valence-corrected chi connectivity index (χ0v) is 15.1. The summed E-state index contributed by atoms with van der Waals surface area (Å²) in [4.78, 5) is 14.7. The van der Waals surface area contributed by atoms with Crippen molar-refractivity contribution in [2.75, 3.05) is 18.4 Å². The Labute approximate surface area is 147 Å². The molecule has 5 rings (SSSR count). The summed E-state index contributed by atoms with van der Waals surface area (Å²) < 4.78 is 0. The Hall–Kier alpha value is -1.20. The van der Waals surface area contributed by atoms with E-state index in [9.17, 15) is 0 Å². The minimum atomic E-state index is 0.560. The van der Waals surface area contributed by atoms with Crippen molar-refractivity contribution < 1.29 is 0 Å². The summed E-state index contributed by atoms with van der Waals surface area (Å²) in [7, 11) is 0. The number of rotatable bonds is 2. The molecule has 0 aromatic carbocycles.